The fourth-order valence-corrected chi connectivity index (χ4v) is 6.43. The molecule has 0 radical (unpaired) electrons. The third-order valence-electron chi connectivity index (χ3n) is 8.90. The third kappa shape index (κ3) is 5.51. The molecule has 39 heavy (non-hydrogen) atoms. The summed E-state index contributed by atoms with van der Waals surface area (Å²) in [5.74, 6) is -5.85. The Morgan fingerprint density at radius 2 is 1.85 bits per heavy atom. The minimum absolute atomic E-state index is 0.341. The van der Waals surface area contributed by atoms with Crippen LogP contribution in [0.5, 0.6) is 5.75 Å². The molecule has 1 spiro atoms. The van der Waals surface area contributed by atoms with Crippen LogP contribution < -0.4 is 15.8 Å². The van der Waals surface area contributed by atoms with E-state index in [1.54, 1.807) is 0 Å². The van der Waals surface area contributed by atoms with Crippen molar-refractivity contribution < 1.29 is 31.9 Å². The Morgan fingerprint density at radius 1 is 1.18 bits per heavy atom. The number of para-hydroxylation sites is 1. The van der Waals surface area contributed by atoms with Crippen molar-refractivity contribution in [3.63, 3.8) is 0 Å². The monoisotopic (exact) mass is 551 g/mol. The lowest BCUT2D eigenvalue weighted by molar-refractivity contribution is -0.146. The zero-order valence-corrected chi connectivity index (χ0v) is 21.6. The fraction of sp³-hybridized carbons (Fsp3) is 0.667. The maximum absolute atomic E-state index is 15.5. The maximum Gasteiger partial charge on any atom is 0.387 e. The van der Waals surface area contributed by atoms with Crippen LogP contribution in [-0.4, -0.2) is 65.6 Å². The average Bonchev–Trinajstić information content (AvgIpc) is 3.81. The summed E-state index contributed by atoms with van der Waals surface area (Å²) in [5.41, 5.74) is 3.49. The molecule has 5 rings (SSSR count). The maximum atomic E-state index is 15.5. The van der Waals surface area contributed by atoms with Crippen LogP contribution in [0.4, 0.5) is 22.4 Å². The minimum atomic E-state index is -3.60. The molecule has 2 saturated heterocycles. The first-order valence-electron chi connectivity index (χ1n) is 13.4. The lowest BCUT2D eigenvalue weighted by atomic mass is 9.60. The zero-order chi connectivity index (χ0) is 28.0. The van der Waals surface area contributed by atoms with Gasteiger partial charge in [-0.15, -0.1) is 0 Å². The molecule has 2 atom stereocenters. The van der Waals surface area contributed by atoms with E-state index >= 15 is 8.78 Å². The van der Waals surface area contributed by atoms with Gasteiger partial charge in [0.15, 0.2) is 0 Å². The molecule has 8 nitrogen and oxygen atoms in total. The predicted molar refractivity (Wildman–Crippen MR) is 132 cm³/mol. The summed E-state index contributed by atoms with van der Waals surface area (Å²) in [7, 11) is 0. The number of likely N-dealkylation sites (tertiary alicyclic amines) is 2. The number of urea groups is 1. The molecule has 2 heterocycles. The van der Waals surface area contributed by atoms with Crippen molar-refractivity contribution in [1.82, 2.24) is 15.1 Å². The number of rotatable bonds is 10. The van der Waals surface area contributed by atoms with Gasteiger partial charge in [0.25, 0.3) is 5.92 Å². The van der Waals surface area contributed by atoms with Crippen molar-refractivity contribution in [3.05, 3.63) is 29.8 Å². The highest BCUT2D eigenvalue weighted by Crippen LogP contribution is 2.52. The zero-order valence-electron chi connectivity index (χ0n) is 21.6. The van der Waals surface area contributed by atoms with Crippen molar-refractivity contribution in [2.45, 2.75) is 81.5 Å². The smallest absolute Gasteiger partial charge is 0.387 e. The van der Waals surface area contributed by atoms with E-state index in [4.69, 9.17) is 5.73 Å². The first kappa shape index (κ1) is 27.5. The second-order valence-electron chi connectivity index (χ2n) is 11.4. The minimum Gasteiger partial charge on any atom is -0.434 e. The van der Waals surface area contributed by atoms with E-state index in [-0.39, 0.29) is 6.42 Å². The van der Waals surface area contributed by atoms with Gasteiger partial charge < -0.3 is 25.6 Å². The van der Waals surface area contributed by atoms with Gasteiger partial charge in [-0.05, 0) is 70.2 Å². The van der Waals surface area contributed by atoms with Crippen molar-refractivity contribution in [2.24, 2.45) is 17.1 Å². The molecule has 1 aromatic rings. The second kappa shape index (κ2) is 10.2. The number of ether oxygens (including phenoxy) is 1. The van der Waals surface area contributed by atoms with Crippen molar-refractivity contribution in [2.75, 3.05) is 19.6 Å². The molecule has 1 aromatic carbocycles. The molecular formula is C27H33F4N5O3. The fourth-order valence-electron chi connectivity index (χ4n) is 6.43. The number of carbonyl (C=O) groups is 2. The van der Waals surface area contributed by atoms with Crippen LogP contribution >= 0.6 is 0 Å². The summed E-state index contributed by atoms with van der Waals surface area (Å²) >= 11 is 0. The number of carbonyl (C=O) groups excluding carboxylic acids is 2. The molecule has 1 unspecified atom stereocenters. The Bertz CT molecular complexity index is 1140. The molecule has 212 valence electrons. The van der Waals surface area contributed by atoms with E-state index in [0.29, 0.717) is 38.3 Å². The van der Waals surface area contributed by atoms with Gasteiger partial charge in [0, 0.05) is 24.4 Å². The highest BCUT2D eigenvalue weighted by molar-refractivity contribution is 5.83. The molecule has 2 aliphatic heterocycles. The molecule has 2 aliphatic carbocycles. The lowest BCUT2D eigenvalue weighted by Crippen LogP contribution is -2.73. The molecule has 0 bridgehead atoms. The van der Waals surface area contributed by atoms with E-state index < -0.39 is 65.1 Å². The number of hydrogen-bond donors (Lipinski definition) is 2. The van der Waals surface area contributed by atoms with Crippen molar-refractivity contribution in [1.29, 1.82) is 5.26 Å². The van der Waals surface area contributed by atoms with Gasteiger partial charge in [-0.3, -0.25) is 4.79 Å². The Morgan fingerprint density at radius 3 is 2.41 bits per heavy atom. The molecule has 0 aromatic heterocycles. The number of nitrogens with two attached hydrogens (primary N) is 1. The first-order valence-corrected chi connectivity index (χ1v) is 13.4. The lowest BCUT2D eigenvalue weighted by Gasteiger charge is -2.62. The molecule has 4 aliphatic rings. The molecule has 12 heteroatoms. The van der Waals surface area contributed by atoms with Crippen LogP contribution in [0.15, 0.2) is 24.3 Å². The number of halogens is 4. The number of alkyl halides is 4. The van der Waals surface area contributed by atoms with Gasteiger partial charge in [0.2, 0.25) is 5.91 Å². The first-order chi connectivity index (χ1) is 18.5. The van der Waals surface area contributed by atoms with E-state index in [9.17, 15) is 23.6 Å². The predicted octanol–water partition coefficient (Wildman–Crippen LogP) is 3.96. The Balaban J connectivity index is 1.40. The van der Waals surface area contributed by atoms with E-state index in [2.05, 4.69) is 21.0 Å². The highest BCUT2D eigenvalue weighted by Gasteiger charge is 2.60. The molecule has 2 saturated carbocycles. The van der Waals surface area contributed by atoms with Crippen molar-refractivity contribution in [3.8, 4) is 11.8 Å². The average molecular weight is 552 g/mol. The summed E-state index contributed by atoms with van der Waals surface area (Å²) in [5, 5.41) is 12.3. The Labute approximate surface area is 224 Å². The van der Waals surface area contributed by atoms with Crippen LogP contribution in [0, 0.1) is 22.7 Å². The molecular weight excluding hydrogens is 518 g/mol. The second-order valence-corrected chi connectivity index (χ2v) is 11.4. The largest absolute Gasteiger partial charge is 0.434 e. The standard InChI is InChI=1S/C27H33F4N5O3/c28-23(29)39-20-4-2-1-3-19(20)27(30,31)8-7-18(22(37)34-26(15-32)9-10-26)21-25(16-36(21)24(33)38)11-13-35(14-12-25)17-5-6-17/h1-4,17-18,21,23H,5-14,16H2,(H2,33,38)(H,34,37)/t18-,21?/m0/s1. The van der Waals surface area contributed by atoms with Gasteiger partial charge in [-0.25, -0.2) is 13.6 Å². The van der Waals surface area contributed by atoms with E-state index in [0.717, 1.165) is 38.1 Å². The number of nitrogens with zero attached hydrogens (tertiary/aromatic N) is 3. The summed E-state index contributed by atoms with van der Waals surface area (Å²) in [6.07, 6.45) is 3.44. The number of amides is 3. The van der Waals surface area contributed by atoms with Gasteiger partial charge in [-0.1, -0.05) is 12.1 Å². The van der Waals surface area contributed by atoms with Crippen LogP contribution in [0.2, 0.25) is 0 Å². The van der Waals surface area contributed by atoms with Gasteiger partial charge in [0.1, 0.15) is 11.3 Å². The van der Waals surface area contributed by atoms with Gasteiger partial charge in [-0.2, -0.15) is 14.0 Å². The van der Waals surface area contributed by atoms with Crippen LogP contribution in [-0.2, 0) is 10.7 Å². The van der Waals surface area contributed by atoms with Crippen LogP contribution in [0.3, 0.4) is 0 Å². The number of hydrogen-bond acceptors (Lipinski definition) is 5. The SMILES string of the molecule is N#CC1(NC(=O)[C@@H](CCC(F)(F)c2ccccc2OC(F)F)C2N(C(N)=O)CC23CCN(C2CC2)CC3)CC1. The van der Waals surface area contributed by atoms with Crippen LogP contribution in [0.1, 0.15) is 56.9 Å². The van der Waals surface area contributed by atoms with E-state index in [1.807, 2.05) is 0 Å². The summed E-state index contributed by atoms with van der Waals surface area (Å²) in [6, 6.07) is 5.92. The normalized spacial score (nSPS) is 24.5. The number of benzene rings is 1. The molecule has 4 fully saturated rings. The number of primary amides is 1. The van der Waals surface area contributed by atoms with Crippen molar-refractivity contribution >= 4 is 11.9 Å². The third-order valence-corrected chi connectivity index (χ3v) is 8.90. The number of nitrogens with one attached hydrogen (secondary N) is 1. The topological polar surface area (TPSA) is 112 Å². The van der Waals surface area contributed by atoms with Gasteiger partial charge >= 0.3 is 12.6 Å². The summed E-state index contributed by atoms with van der Waals surface area (Å²) in [6.45, 7) is -1.35. The van der Waals surface area contributed by atoms with Crippen LogP contribution in [0.25, 0.3) is 0 Å². The van der Waals surface area contributed by atoms with E-state index in [1.165, 1.54) is 17.0 Å². The number of piperidine rings is 1. The Kier molecular flexibility index (Phi) is 7.16. The molecule has 3 N–H and O–H groups in total. The molecule has 3 amide bonds. The Hall–Kier alpha value is -3.07. The summed E-state index contributed by atoms with van der Waals surface area (Å²) < 4.78 is 61.1. The number of nitriles is 1. The summed E-state index contributed by atoms with van der Waals surface area (Å²) in [4.78, 5) is 29.8. The van der Waals surface area contributed by atoms with Gasteiger partial charge in [0.05, 0.1) is 23.6 Å². The quantitative estimate of drug-likeness (QED) is 0.428. The highest BCUT2D eigenvalue weighted by atomic mass is 19.3.